The SMILES string of the molecule is COc1ccc(C(C)(C)CNC(=O)Nc2ccc(C(F)(F)F)cc2)cc1. The maximum absolute atomic E-state index is 12.5. The summed E-state index contributed by atoms with van der Waals surface area (Å²) in [6, 6.07) is 11.4. The zero-order valence-corrected chi connectivity index (χ0v) is 14.8. The quantitative estimate of drug-likeness (QED) is 0.798. The van der Waals surface area contributed by atoms with Crippen molar-refractivity contribution in [2.24, 2.45) is 0 Å². The number of nitrogens with one attached hydrogen (secondary N) is 2. The van der Waals surface area contributed by atoms with Gasteiger partial charge in [0, 0.05) is 17.6 Å². The van der Waals surface area contributed by atoms with Crippen molar-refractivity contribution in [1.29, 1.82) is 0 Å². The van der Waals surface area contributed by atoms with Gasteiger partial charge >= 0.3 is 12.2 Å². The molecule has 2 aromatic carbocycles. The third kappa shape index (κ3) is 5.15. The molecule has 0 saturated carbocycles. The van der Waals surface area contributed by atoms with Crippen molar-refractivity contribution in [1.82, 2.24) is 5.32 Å². The van der Waals surface area contributed by atoms with E-state index in [2.05, 4.69) is 10.6 Å². The Morgan fingerprint density at radius 1 is 0.962 bits per heavy atom. The molecule has 0 aliphatic carbocycles. The van der Waals surface area contributed by atoms with Gasteiger partial charge in [-0.25, -0.2) is 4.79 Å². The van der Waals surface area contributed by atoms with Crippen LogP contribution in [0, 0.1) is 0 Å². The molecule has 2 rings (SSSR count). The number of amides is 2. The number of ether oxygens (including phenoxy) is 1. The number of halogens is 3. The molecule has 0 fully saturated rings. The van der Waals surface area contributed by atoms with Gasteiger partial charge in [-0.2, -0.15) is 13.2 Å². The fourth-order valence-corrected chi connectivity index (χ4v) is 2.36. The van der Waals surface area contributed by atoms with Crippen molar-refractivity contribution in [3.8, 4) is 5.75 Å². The van der Waals surface area contributed by atoms with E-state index in [1.165, 1.54) is 12.1 Å². The summed E-state index contributed by atoms with van der Waals surface area (Å²) in [6.45, 7) is 4.31. The fourth-order valence-electron chi connectivity index (χ4n) is 2.36. The molecule has 0 radical (unpaired) electrons. The molecule has 2 aromatic rings. The van der Waals surface area contributed by atoms with Crippen LogP contribution in [0.3, 0.4) is 0 Å². The van der Waals surface area contributed by atoms with E-state index in [4.69, 9.17) is 4.74 Å². The van der Waals surface area contributed by atoms with Crippen molar-refractivity contribution in [3.05, 3.63) is 59.7 Å². The van der Waals surface area contributed by atoms with Gasteiger partial charge in [-0.1, -0.05) is 26.0 Å². The lowest BCUT2D eigenvalue weighted by molar-refractivity contribution is -0.137. The predicted octanol–water partition coefficient (Wildman–Crippen LogP) is 4.81. The molecular weight excluding hydrogens is 345 g/mol. The molecule has 140 valence electrons. The highest BCUT2D eigenvalue weighted by Crippen LogP contribution is 2.30. The van der Waals surface area contributed by atoms with Crippen LogP contribution < -0.4 is 15.4 Å². The summed E-state index contributed by atoms with van der Waals surface area (Å²) in [6.07, 6.45) is -4.40. The monoisotopic (exact) mass is 366 g/mol. The average Bonchev–Trinajstić information content (AvgIpc) is 2.60. The van der Waals surface area contributed by atoms with E-state index >= 15 is 0 Å². The second-order valence-corrected chi connectivity index (χ2v) is 6.50. The van der Waals surface area contributed by atoms with Crippen LogP contribution in [-0.2, 0) is 11.6 Å². The van der Waals surface area contributed by atoms with E-state index in [9.17, 15) is 18.0 Å². The minimum atomic E-state index is -4.40. The van der Waals surface area contributed by atoms with E-state index in [-0.39, 0.29) is 11.1 Å². The van der Waals surface area contributed by atoms with Gasteiger partial charge in [0.25, 0.3) is 0 Å². The lowest BCUT2D eigenvalue weighted by Crippen LogP contribution is -2.38. The van der Waals surface area contributed by atoms with Gasteiger partial charge in [-0.05, 0) is 42.0 Å². The van der Waals surface area contributed by atoms with Gasteiger partial charge in [-0.3, -0.25) is 0 Å². The van der Waals surface area contributed by atoms with Crippen molar-refractivity contribution < 1.29 is 22.7 Å². The van der Waals surface area contributed by atoms with Crippen LogP contribution in [0.4, 0.5) is 23.7 Å². The van der Waals surface area contributed by atoms with Gasteiger partial charge in [0.1, 0.15) is 5.75 Å². The molecular formula is C19H21F3N2O2. The first kappa shape index (κ1) is 19.6. The van der Waals surface area contributed by atoms with E-state index in [1.54, 1.807) is 7.11 Å². The van der Waals surface area contributed by atoms with Crippen LogP contribution >= 0.6 is 0 Å². The summed E-state index contributed by atoms with van der Waals surface area (Å²) < 4.78 is 42.7. The highest BCUT2D eigenvalue weighted by molar-refractivity contribution is 5.89. The number of carbonyl (C=O) groups is 1. The molecule has 0 aliphatic rings. The van der Waals surface area contributed by atoms with E-state index in [0.717, 1.165) is 23.4 Å². The molecule has 2 amide bonds. The molecule has 0 heterocycles. The van der Waals surface area contributed by atoms with Crippen molar-refractivity contribution in [2.75, 3.05) is 19.0 Å². The highest BCUT2D eigenvalue weighted by Gasteiger charge is 2.30. The van der Waals surface area contributed by atoms with Crippen molar-refractivity contribution >= 4 is 11.7 Å². The molecule has 26 heavy (non-hydrogen) atoms. The first-order valence-corrected chi connectivity index (χ1v) is 7.98. The Balaban J connectivity index is 1.92. The normalized spacial score (nSPS) is 11.8. The third-order valence-electron chi connectivity index (χ3n) is 4.03. The number of rotatable bonds is 5. The Morgan fingerprint density at radius 3 is 2.00 bits per heavy atom. The molecule has 0 saturated heterocycles. The van der Waals surface area contributed by atoms with E-state index < -0.39 is 17.8 Å². The molecule has 2 N–H and O–H groups in total. The third-order valence-corrected chi connectivity index (χ3v) is 4.03. The van der Waals surface area contributed by atoms with Crippen LogP contribution in [0.5, 0.6) is 5.75 Å². The summed E-state index contributed by atoms with van der Waals surface area (Å²) >= 11 is 0. The maximum Gasteiger partial charge on any atom is 0.416 e. The molecule has 0 atom stereocenters. The van der Waals surface area contributed by atoms with Crippen LogP contribution in [0.25, 0.3) is 0 Å². The zero-order chi connectivity index (χ0) is 19.4. The number of carbonyl (C=O) groups excluding carboxylic acids is 1. The molecule has 0 aliphatic heterocycles. The number of urea groups is 1. The fraction of sp³-hybridized carbons (Fsp3) is 0.316. The van der Waals surface area contributed by atoms with Crippen LogP contribution in [-0.4, -0.2) is 19.7 Å². The first-order chi connectivity index (χ1) is 12.1. The van der Waals surface area contributed by atoms with Gasteiger partial charge in [0.2, 0.25) is 0 Å². The Bertz CT molecular complexity index is 739. The number of alkyl halides is 3. The molecule has 7 heteroatoms. The first-order valence-electron chi connectivity index (χ1n) is 7.98. The van der Waals surface area contributed by atoms with E-state index in [0.29, 0.717) is 6.54 Å². The summed E-state index contributed by atoms with van der Waals surface area (Å²) in [7, 11) is 1.59. The topological polar surface area (TPSA) is 50.4 Å². The van der Waals surface area contributed by atoms with Gasteiger partial charge in [-0.15, -0.1) is 0 Å². The van der Waals surface area contributed by atoms with Gasteiger partial charge < -0.3 is 15.4 Å². The summed E-state index contributed by atoms with van der Waals surface area (Å²) in [4.78, 5) is 12.0. The number of methoxy groups -OCH3 is 1. The van der Waals surface area contributed by atoms with Gasteiger partial charge in [0.15, 0.2) is 0 Å². The predicted molar refractivity (Wildman–Crippen MR) is 94.5 cm³/mol. The van der Waals surface area contributed by atoms with Crippen LogP contribution in [0.15, 0.2) is 48.5 Å². The maximum atomic E-state index is 12.5. The summed E-state index contributed by atoms with van der Waals surface area (Å²) in [5.41, 5.74) is 0.221. The highest BCUT2D eigenvalue weighted by atomic mass is 19.4. The second-order valence-electron chi connectivity index (χ2n) is 6.50. The Morgan fingerprint density at radius 2 is 1.50 bits per heavy atom. The second kappa shape index (κ2) is 7.68. The molecule has 0 unspecified atom stereocenters. The molecule has 4 nitrogen and oxygen atoms in total. The standard InChI is InChI=1S/C19H21F3N2O2/c1-18(2,13-6-10-16(26-3)11-7-13)12-23-17(25)24-15-8-4-14(5-9-15)19(20,21)22/h4-11H,12H2,1-3H3,(H2,23,24,25). The number of hydrogen-bond donors (Lipinski definition) is 2. The van der Waals surface area contributed by atoms with Gasteiger partial charge in [0.05, 0.1) is 12.7 Å². The Labute approximate surface area is 150 Å². The molecule has 0 bridgehead atoms. The minimum absolute atomic E-state index is 0.290. The Hall–Kier alpha value is -2.70. The lowest BCUT2D eigenvalue weighted by Gasteiger charge is -2.26. The lowest BCUT2D eigenvalue weighted by atomic mass is 9.84. The van der Waals surface area contributed by atoms with Crippen LogP contribution in [0.1, 0.15) is 25.0 Å². The number of benzene rings is 2. The number of anilines is 1. The average molecular weight is 366 g/mol. The van der Waals surface area contributed by atoms with Crippen molar-refractivity contribution in [2.45, 2.75) is 25.4 Å². The minimum Gasteiger partial charge on any atom is -0.497 e. The smallest absolute Gasteiger partial charge is 0.416 e. The number of hydrogen-bond acceptors (Lipinski definition) is 2. The summed E-state index contributed by atoms with van der Waals surface area (Å²) in [5.74, 6) is 0.748. The summed E-state index contributed by atoms with van der Waals surface area (Å²) in [5, 5.41) is 5.27. The molecule has 0 aromatic heterocycles. The van der Waals surface area contributed by atoms with Crippen LogP contribution in [0.2, 0.25) is 0 Å². The van der Waals surface area contributed by atoms with Crippen molar-refractivity contribution in [3.63, 3.8) is 0 Å². The Kier molecular flexibility index (Phi) is 5.79. The zero-order valence-electron chi connectivity index (χ0n) is 14.8. The van der Waals surface area contributed by atoms with E-state index in [1.807, 2.05) is 38.1 Å². The largest absolute Gasteiger partial charge is 0.497 e. The molecule has 0 spiro atoms.